The van der Waals surface area contributed by atoms with Gasteiger partial charge in [0.25, 0.3) is 0 Å². The Hall–Kier alpha value is -2.23. The van der Waals surface area contributed by atoms with E-state index in [0.717, 1.165) is 17.7 Å². The molecule has 0 atom stereocenters. The molecule has 0 aliphatic carbocycles. The Morgan fingerprint density at radius 3 is 2.54 bits per heavy atom. The number of carbonyl (C=O) groups is 1. The molecule has 1 aromatic carbocycles. The second-order valence-corrected chi connectivity index (χ2v) is 6.12. The van der Waals surface area contributed by atoms with E-state index in [4.69, 9.17) is 0 Å². The highest BCUT2D eigenvalue weighted by atomic mass is 127. The van der Waals surface area contributed by atoms with Crippen LogP contribution in [-0.2, 0) is 17.6 Å². The lowest BCUT2D eigenvalue weighted by Gasteiger charge is -2.18. The SMILES string of the molecule is CN=C(NCCc1ccc(F)cc1)NCC(=O)N(C)CCc1ccccn1.I. The number of hydrogen-bond acceptors (Lipinski definition) is 3. The summed E-state index contributed by atoms with van der Waals surface area (Å²) in [5.41, 5.74) is 1.99. The summed E-state index contributed by atoms with van der Waals surface area (Å²) < 4.78 is 12.9. The molecule has 0 unspecified atom stereocenters. The van der Waals surface area contributed by atoms with Gasteiger partial charge in [-0.15, -0.1) is 24.0 Å². The van der Waals surface area contributed by atoms with Crippen LogP contribution in [-0.4, -0.2) is 55.5 Å². The first-order valence-electron chi connectivity index (χ1n) is 8.91. The lowest BCUT2D eigenvalue weighted by Crippen LogP contribution is -2.44. The number of likely N-dealkylation sites (N-methyl/N-ethyl adjacent to an activating group) is 1. The molecular formula is C20H27FIN5O. The first kappa shape index (κ1) is 23.8. The van der Waals surface area contributed by atoms with Crippen molar-refractivity contribution >= 4 is 35.8 Å². The van der Waals surface area contributed by atoms with Gasteiger partial charge in [0.05, 0.1) is 6.54 Å². The molecular weight excluding hydrogens is 472 g/mol. The second kappa shape index (κ2) is 13.0. The Bertz CT molecular complexity index is 740. The van der Waals surface area contributed by atoms with Gasteiger partial charge in [-0.25, -0.2) is 4.39 Å². The molecule has 0 saturated carbocycles. The number of rotatable bonds is 8. The van der Waals surface area contributed by atoms with E-state index in [1.165, 1.54) is 12.1 Å². The molecule has 0 fully saturated rings. The van der Waals surface area contributed by atoms with Gasteiger partial charge in [0.1, 0.15) is 5.82 Å². The van der Waals surface area contributed by atoms with Gasteiger partial charge in [-0.05, 0) is 36.2 Å². The molecule has 2 aromatic rings. The third-order valence-corrected chi connectivity index (χ3v) is 4.11. The normalized spacial score (nSPS) is 10.8. The van der Waals surface area contributed by atoms with Gasteiger partial charge in [-0.1, -0.05) is 18.2 Å². The standard InChI is InChI=1S/C20H26FN5O.HI/c1-22-20(24-13-10-16-6-8-17(21)9-7-16)25-15-19(27)26(2)14-11-18-5-3-4-12-23-18;/h3-9,12H,10-11,13-15H2,1-2H3,(H2,22,24,25);1H. The molecule has 1 amide bonds. The molecule has 8 heteroatoms. The summed E-state index contributed by atoms with van der Waals surface area (Å²) in [6.07, 6.45) is 3.20. The van der Waals surface area contributed by atoms with Crippen molar-refractivity contribution in [2.45, 2.75) is 12.8 Å². The van der Waals surface area contributed by atoms with E-state index in [0.29, 0.717) is 25.5 Å². The zero-order chi connectivity index (χ0) is 19.5. The average Bonchev–Trinajstić information content (AvgIpc) is 2.70. The molecule has 28 heavy (non-hydrogen) atoms. The van der Waals surface area contributed by atoms with Crippen LogP contribution in [0.2, 0.25) is 0 Å². The quantitative estimate of drug-likeness (QED) is 0.332. The van der Waals surface area contributed by atoms with Crippen molar-refractivity contribution in [2.24, 2.45) is 4.99 Å². The van der Waals surface area contributed by atoms with E-state index in [1.807, 2.05) is 18.2 Å². The molecule has 0 aliphatic heterocycles. The maximum atomic E-state index is 12.9. The van der Waals surface area contributed by atoms with Crippen LogP contribution in [0.15, 0.2) is 53.7 Å². The van der Waals surface area contributed by atoms with Crippen molar-refractivity contribution in [3.63, 3.8) is 0 Å². The molecule has 0 aliphatic rings. The molecule has 2 rings (SSSR count). The number of pyridine rings is 1. The summed E-state index contributed by atoms with van der Waals surface area (Å²) in [6.45, 7) is 1.40. The highest BCUT2D eigenvalue weighted by Crippen LogP contribution is 2.02. The number of aromatic nitrogens is 1. The fourth-order valence-electron chi connectivity index (χ4n) is 2.44. The van der Waals surface area contributed by atoms with Crippen LogP contribution in [0, 0.1) is 5.82 Å². The Labute approximate surface area is 182 Å². The number of nitrogens with one attached hydrogen (secondary N) is 2. The Morgan fingerprint density at radius 1 is 1.14 bits per heavy atom. The monoisotopic (exact) mass is 499 g/mol. The van der Waals surface area contributed by atoms with Crippen molar-refractivity contribution in [3.8, 4) is 0 Å². The predicted octanol–water partition coefficient (Wildman–Crippen LogP) is 2.25. The van der Waals surface area contributed by atoms with Crippen LogP contribution in [0.3, 0.4) is 0 Å². The number of amides is 1. The summed E-state index contributed by atoms with van der Waals surface area (Å²) in [5.74, 6) is 0.297. The van der Waals surface area contributed by atoms with E-state index in [2.05, 4.69) is 20.6 Å². The van der Waals surface area contributed by atoms with Crippen LogP contribution in [0.4, 0.5) is 4.39 Å². The number of halogens is 2. The minimum atomic E-state index is -0.241. The summed E-state index contributed by atoms with van der Waals surface area (Å²) in [6, 6.07) is 12.2. The topological polar surface area (TPSA) is 69.6 Å². The first-order chi connectivity index (χ1) is 13.1. The Balaban J connectivity index is 0.00000392. The highest BCUT2D eigenvalue weighted by molar-refractivity contribution is 14.0. The predicted molar refractivity (Wildman–Crippen MR) is 120 cm³/mol. The Kier molecular flexibility index (Phi) is 11.1. The van der Waals surface area contributed by atoms with Crippen molar-refractivity contribution in [1.29, 1.82) is 0 Å². The van der Waals surface area contributed by atoms with E-state index in [1.54, 1.807) is 37.3 Å². The summed E-state index contributed by atoms with van der Waals surface area (Å²) in [5, 5.41) is 6.16. The molecule has 0 spiro atoms. The third-order valence-electron chi connectivity index (χ3n) is 4.11. The molecule has 0 saturated heterocycles. The molecule has 1 aromatic heterocycles. The molecule has 6 nitrogen and oxygen atoms in total. The minimum absolute atomic E-state index is 0. The Morgan fingerprint density at radius 2 is 1.89 bits per heavy atom. The fraction of sp³-hybridized carbons (Fsp3) is 0.350. The fourth-order valence-corrected chi connectivity index (χ4v) is 2.44. The lowest BCUT2D eigenvalue weighted by molar-refractivity contribution is -0.128. The first-order valence-corrected chi connectivity index (χ1v) is 8.91. The summed E-state index contributed by atoms with van der Waals surface area (Å²) in [4.78, 5) is 22.3. The van der Waals surface area contributed by atoms with Gasteiger partial charge in [0.15, 0.2) is 5.96 Å². The number of carbonyl (C=O) groups excluding carboxylic acids is 1. The van der Waals surface area contributed by atoms with Crippen LogP contribution in [0.25, 0.3) is 0 Å². The molecule has 1 heterocycles. The van der Waals surface area contributed by atoms with Gasteiger partial charge >= 0.3 is 0 Å². The maximum absolute atomic E-state index is 12.9. The van der Waals surface area contributed by atoms with E-state index >= 15 is 0 Å². The number of aliphatic imine (C=N–C) groups is 1. The van der Waals surface area contributed by atoms with Crippen molar-refractivity contribution in [3.05, 3.63) is 65.7 Å². The van der Waals surface area contributed by atoms with Crippen LogP contribution < -0.4 is 10.6 Å². The number of nitrogens with zero attached hydrogens (tertiary/aromatic N) is 3. The summed E-state index contributed by atoms with van der Waals surface area (Å²) >= 11 is 0. The average molecular weight is 499 g/mol. The van der Waals surface area contributed by atoms with E-state index in [-0.39, 0.29) is 42.2 Å². The summed E-state index contributed by atoms with van der Waals surface area (Å²) in [7, 11) is 3.43. The second-order valence-electron chi connectivity index (χ2n) is 6.12. The van der Waals surface area contributed by atoms with E-state index < -0.39 is 0 Å². The van der Waals surface area contributed by atoms with Crippen LogP contribution in [0.5, 0.6) is 0 Å². The van der Waals surface area contributed by atoms with Crippen molar-refractivity contribution in [2.75, 3.05) is 33.7 Å². The van der Waals surface area contributed by atoms with Gasteiger partial charge in [-0.2, -0.15) is 0 Å². The third kappa shape index (κ3) is 8.64. The zero-order valence-electron chi connectivity index (χ0n) is 16.2. The smallest absolute Gasteiger partial charge is 0.241 e. The van der Waals surface area contributed by atoms with Crippen molar-refractivity contribution in [1.82, 2.24) is 20.5 Å². The molecule has 2 N–H and O–H groups in total. The van der Waals surface area contributed by atoms with Gasteiger partial charge < -0.3 is 15.5 Å². The van der Waals surface area contributed by atoms with Crippen LogP contribution in [0.1, 0.15) is 11.3 Å². The zero-order valence-corrected chi connectivity index (χ0v) is 18.5. The van der Waals surface area contributed by atoms with Crippen molar-refractivity contribution < 1.29 is 9.18 Å². The van der Waals surface area contributed by atoms with E-state index in [9.17, 15) is 9.18 Å². The lowest BCUT2D eigenvalue weighted by atomic mass is 10.1. The highest BCUT2D eigenvalue weighted by Gasteiger charge is 2.09. The maximum Gasteiger partial charge on any atom is 0.241 e. The largest absolute Gasteiger partial charge is 0.356 e. The number of guanidine groups is 1. The number of hydrogen-bond donors (Lipinski definition) is 2. The van der Waals surface area contributed by atoms with Gasteiger partial charge in [0, 0.05) is 45.5 Å². The van der Waals surface area contributed by atoms with Gasteiger partial charge in [-0.3, -0.25) is 14.8 Å². The molecule has 0 bridgehead atoms. The van der Waals surface area contributed by atoms with Crippen LogP contribution >= 0.6 is 24.0 Å². The minimum Gasteiger partial charge on any atom is -0.356 e. The van der Waals surface area contributed by atoms with Gasteiger partial charge in [0.2, 0.25) is 5.91 Å². The number of benzene rings is 1. The molecule has 0 radical (unpaired) electrons. The molecule has 152 valence electrons.